The predicted octanol–water partition coefficient (Wildman–Crippen LogP) is 4.95. The summed E-state index contributed by atoms with van der Waals surface area (Å²) in [7, 11) is 0. The van der Waals surface area contributed by atoms with Crippen molar-refractivity contribution in [1.82, 2.24) is 0 Å². The van der Waals surface area contributed by atoms with E-state index in [1.807, 2.05) is 6.07 Å². The molecule has 0 spiro atoms. The standard InChI is InChI=1S/C21H27NO/c1-3-13-10-18-14(11-20(13)23)4-6-17-16(18)8-9-21(2)15(12-22)5-7-19(17)21/h10-11,15-17,19,23H,3-9H2,1-2H3/t15-,16+,17-,19+,21-/m1/s1. The van der Waals surface area contributed by atoms with Gasteiger partial charge in [0.15, 0.2) is 0 Å². The second-order valence-electron chi connectivity index (χ2n) is 8.25. The Balaban J connectivity index is 1.72. The number of nitrogens with zero attached hydrogens (tertiary/aromatic N) is 1. The molecule has 122 valence electrons. The Hall–Kier alpha value is -1.49. The third-order valence-corrected chi connectivity index (χ3v) is 7.46. The summed E-state index contributed by atoms with van der Waals surface area (Å²) in [5.74, 6) is 2.86. The molecule has 2 fully saturated rings. The van der Waals surface area contributed by atoms with Crippen LogP contribution in [0.5, 0.6) is 5.75 Å². The van der Waals surface area contributed by atoms with Crippen LogP contribution < -0.4 is 0 Å². The molecule has 5 atom stereocenters. The summed E-state index contributed by atoms with van der Waals surface area (Å²) in [5.41, 5.74) is 4.23. The maximum atomic E-state index is 10.2. The third-order valence-electron chi connectivity index (χ3n) is 7.46. The van der Waals surface area contributed by atoms with Crippen molar-refractivity contribution in [1.29, 1.82) is 5.26 Å². The first kappa shape index (κ1) is 15.1. The van der Waals surface area contributed by atoms with Gasteiger partial charge in [-0.25, -0.2) is 0 Å². The van der Waals surface area contributed by atoms with Crippen molar-refractivity contribution in [2.75, 3.05) is 0 Å². The fourth-order valence-corrected chi connectivity index (χ4v) is 6.15. The highest BCUT2D eigenvalue weighted by molar-refractivity contribution is 5.45. The number of nitriles is 1. The minimum atomic E-state index is 0.248. The summed E-state index contributed by atoms with van der Waals surface area (Å²) >= 11 is 0. The molecule has 3 aliphatic carbocycles. The number of hydrogen-bond acceptors (Lipinski definition) is 2. The van der Waals surface area contributed by atoms with Gasteiger partial charge in [-0.05, 0) is 90.9 Å². The largest absolute Gasteiger partial charge is 0.508 e. The Morgan fingerprint density at radius 3 is 2.83 bits per heavy atom. The van der Waals surface area contributed by atoms with E-state index in [0.29, 0.717) is 11.7 Å². The zero-order valence-electron chi connectivity index (χ0n) is 14.3. The van der Waals surface area contributed by atoms with Gasteiger partial charge in [-0.15, -0.1) is 0 Å². The number of phenols is 1. The number of aryl methyl sites for hydroxylation is 2. The lowest BCUT2D eigenvalue weighted by Gasteiger charge is -2.50. The van der Waals surface area contributed by atoms with Crippen LogP contribution in [0, 0.1) is 34.5 Å². The Morgan fingerprint density at radius 1 is 1.26 bits per heavy atom. The molecule has 0 amide bonds. The molecule has 0 aromatic heterocycles. The SMILES string of the molecule is CCc1cc2c(cc1O)CC[C@@H]1[C@@H]2CC[C@]2(C)[C@@H](C#N)CC[C@@H]12. The first-order valence-electron chi connectivity index (χ1n) is 9.32. The maximum absolute atomic E-state index is 10.2. The smallest absolute Gasteiger partial charge is 0.119 e. The summed E-state index contributed by atoms with van der Waals surface area (Å²) in [6.07, 6.45) is 7.98. The van der Waals surface area contributed by atoms with E-state index in [2.05, 4.69) is 26.0 Å². The lowest BCUT2D eigenvalue weighted by atomic mass is 9.54. The first-order chi connectivity index (χ1) is 11.1. The molecule has 0 aliphatic heterocycles. The molecule has 0 saturated heterocycles. The monoisotopic (exact) mass is 309 g/mol. The first-order valence-corrected chi connectivity index (χ1v) is 9.32. The van der Waals surface area contributed by atoms with Crippen LogP contribution in [0.4, 0.5) is 0 Å². The highest BCUT2D eigenvalue weighted by Gasteiger charge is 2.54. The van der Waals surface area contributed by atoms with Crippen molar-refractivity contribution >= 4 is 0 Å². The van der Waals surface area contributed by atoms with E-state index >= 15 is 0 Å². The van der Waals surface area contributed by atoms with E-state index in [0.717, 1.165) is 36.7 Å². The van der Waals surface area contributed by atoms with Crippen LogP contribution >= 0.6 is 0 Å². The van der Waals surface area contributed by atoms with E-state index in [1.165, 1.54) is 36.8 Å². The predicted molar refractivity (Wildman–Crippen MR) is 91.2 cm³/mol. The van der Waals surface area contributed by atoms with E-state index in [4.69, 9.17) is 0 Å². The van der Waals surface area contributed by atoms with Crippen molar-refractivity contribution in [2.24, 2.45) is 23.2 Å². The van der Waals surface area contributed by atoms with Crippen LogP contribution in [0.15, 0.2) is 12.1 Å². The number of benzene rings is 1. The number of hydrogen-bond donors (Lipinski definition) is 1. The van der Waals surface area contributed by atoms with Crippen LogP contribution in [0.3, 0.4) is 0 Å². The summed E-state index contributed by atoms with van der Waals surface area (Å²) < 4.78 is 0. The molecule has 1 N–H and O–H groups in total. The molecule has 0 unspecified atom stereocenters. The van der Waals surface area contributed by atoms with Crippen molar-refractivity contribution < 1.29 is 5.11 Å². The van der Waals surface area contributed by atoms with Gasteiger partial charge in [-0.1, -0.05) is 19.9 Å². The Morgan fingerprint density at radius 2 is 2.09 bits per heavy atom. The quantitative estimate of drug-likeness (QED) is 0.797. The fraction of sp³-hybridized carbons (Fsp3) is 0.667. The summed E-state index contributed by atoms with van der Waals surface area (Å²) in [6.45, 7) is 4.51. The fourth-order valence-electron chi connectivity index (χ4n) is 6.15. The van der Waals surface area contributed by atoms with E-state index in [-0.39, 0.29) is 11.3 Å². The maximum Gasteiger partial charge on any atom is 0.119 e. The van der Waals surface area contributed by atoms with Crippen LogP contribution in [0.25, 0.3) is 0 Å². The average Bonchev–Trinajstić information content (AvgIpc) is 2.90. The lowest BCUT2D eigenvalue weighted by Crippen LogP contribution is -2.42. The van der Waals surface area contributed by atoms with Gasteiger partial charge < -0.3 is 5.11 Å². The Kier molecular flexibility index (Phi) is 3.45. The second-order valence-corrected chi connectivity index (χ2v) is 8.25. The number of phenolic OH excluding ortho intramolecular Hbond substituents is 1. The molecule has 23 heavy (non-hydrogen) atoms. The lowest BCUT2D eigenvalue weighted by molar-refractivity contribution is 0.0427. The minimum Gasteiger partial charge on any atom is -0.508 e. The van der Waals surface area contributed by atoms with Gasteiger partial charge in [0.2, 0.25) is 0 Å². The zero-order chi connectivity index (χ0) is 16.2. The van der Waals surface area contributed by atoms with Gasteiger partial charge in [-0.2, -0.15) is 5.26 Å². The molecule has 0 heterocycles. The molecule has 4 rings (SSSR count). The molecule has 0 radical (unpaired) electrons. The molecule has 1 aromatic rings. The van der Waals surface area contributed by atoms with Crippen molar-refractivity contribution in [3.63, 3.8) is 0 Å². The zero-order valence-corrected chi connectivity index (χ0v) is 14.3. The van der Waals surface area contributed by atoms with E-state index < -0.39 is 0 Å². The molecular formula is C21H27NO. The van der Waals surface area contributed by atoms with Gasteiger partial charge >= 0.3 is 0 Å². The average molecular weight is 309 g/mol. The molecule has 2 saturated carbocycles. The highest BCUT2D eigenvalue weighted by atomic mass is 16.3. The van der Waals surface area contributed by atoms with Crippen LogP contribution in [0.2, 0.25) is 0 Å². The van der Waals surface area contributed by atoms with E-state index in [9.17, 15) is 10.4 Å². The van der Waals surface area contributed by atoms with E-state index in [1.54, 1.807) is 0 Å². The molecule has 2 nitrogen and oxygen atoms in total. The van der Waals surface area contributed by atoms with Crippen LogP contribution in [0.1, 0.15) is 68.6 Å². The van der Waals surface area contributed by atoms with Gasteiger partial charge in [0.1, 0.15) is 5.75 Å². The highest BCUT2D eigenvalue weighted by Crippen LogP contribution is 2.62. The normalized spacial score (nSPS) is 38.3. The van der Waals surface area contributed by atoms with Crippen LogP contribution in [-0.4, -0.2) is 5.11 Å². The van der Waals surface area contributed by atoms with Gasteiger partial charge in [-0.3, -0.25) is 0 Å². The minimum absolute atomic E-state index is 0.248. The molecule has 2 heteroatoms. The topological polar surface area (TPSA) is 44.0 Å². The second kappa shape index (κ2) is 5.26. The van der Waals surface area contributed by atoms with Gasteiger partial charge in [0, 0.05) is 0 Å². The Bertz CT molecular complexity index is 673. The molecule has 1 aromatic carbocycles. The van der Waals surface area contributed by atoms with Crippen molar-refractivity contribution in [2.45, 2.75) is 64.7 Å². The molecule has 3 aliphatic rings. The number of aromatic hydroxyl groups is 1. The Labute approximate surface area is 139 Å². The van der Waals surface area contributed by atoms with Crippen LogP contribution in [-0.2, 0) is 12.8 Å². The molecule has 0 bridgehead atoms. The number of rotatable bonds is 1. The number of fused-ring (bicyclic) bond motifs is 5. The summed E-state index contributed by atoms with van der Waals surface area (Å²) in [6, 6.07) is 6.94. The van der Waals surface area contributed by atoms with Crippen molar-refractivity contribution in [3.8, 4) is 11.8 Å². The van der Waals surface area contributed by atoms with Gasteiger partial charge in [0.05, 0.1) is 12.0 Å². The summed E-state index contributed by atoms with van der Waals surface area (Å²) in [4.78, 5) is 0. The molecular weight excluding hydrogens is 282 g/mol. The summed E-state index contributed by atoms with van der Waals surface area (Å²) in [5, 5.41) is 19.7. The van der Waals surface area contributed by atoms with Crippen molar-refractivity contribution in [3.05, 3.63) is 28.8 Å². The van der Waals surface area contributed by atoms with Gasteiger partial charge in [0.25, 0.3) is 0 Å². The third kappa shape index (κ3) is 2.05.